The van der Waals surface area contributed by atoms with Crippen LogP contribution >= 0.6 is 0 Å². The Morgan fingerprint density at radius 2 is 1.97 bits per heavy atom. The van der Waals surface area contributed by atoms with E-state index in [0.29, 0.717) is 17.8 Å². The molecule has 1 heterocycles. The Labute approximate surface area is 198 Å². The minimum absolute atomic E-state index is 0.0511. The summed E-state index contributed by atoms with van der Waals surface area (Å²) in [5, 5.41) is 6.80. The van der Waals surface area contributed by atoms with Crippen molar-refractivity contribution in [2.24, 2.45) is 45.5 Å². The van der Waals surface area contributed by atoms with Crippen molar-refractivity contribution < 1.29 is 9.18 Å². The Hall–Kier alpha value is -1.71. The number of amides is 1. The van der Waals surface area contributed by atoms with Gasteiger partial charge in [-0.15, -0.1) is 0 Å². The van der Waals surface area contributed by atoms with Gasteiger partial charge in [0.05, 0.1) is 11.8 Å². The molecule has 0 aromatic heterocycles. The summed E-state index contributed by atoms with van der Waals surface area (Å²) in [5.41, 5.74) is 2.76. The summed E-state index contributed by atoms with van der Waals surface area (Å²) < 4.78 is 14.2. The fourth-order valence-electron chi connectivity index (χ4n) is 9.43. The van der Waals surface area contributed by atoms with Crippen LogP contribution in [0.25, 0.3) is 0 Å². The molecule has 1 aromatic rings. The van der Waals surface area contributed by atoms with Gasteiger partial charge in [0.2, 0.25) is 5.91 Å². The number of carbonyl (C=O) groups excluding carboxylic acids is 1. The Balaban J connectivity index is 1.37. The fourth-order valence-corrected chi connectivity index (χ4v) is 9.43. The van der Waals surface area contributed by atoms with Crippen LogP contribution in [0.4, 0.5) is 4.39 Å². The summed E-state index contributed by atoms with van der Waals surface area (Å²) in [6.07, 6.45) is 12.5. The van der Waals surface area contributed by atoms with Crippen LogP contribution < -0.4 is 0 Å². The van der Waals surface area contributed by atoms with E-state index < -0.39 is 0 Å². The lowest BCUT2D eigenvalue weighted by Crippen LogP contribution is -2.52. The molecule has 6 rings (SSSR count). The van der Waals surface area contributed by atoms with E-state index in [-0.39, 0.29) is 29.1 Å². The summed E-state index contributed by atoms with van der Waals surface area (Å²) in [6, 6.07) is 6.74. The molecule has 0 saturated heterocycles. The minimum Gasteiger partial charge on any atom is -0.273 e. The topological polar surface area (TPSA) is 32.7 Å². The first-order chi connectivity index (χ1) is 15.9. The number of carbonyl (C=O) groups is 1. The lowest BCUT2D eigenvalue weighted by Gasteiger charge is -2.59. The second kappa shape index (κ2) is 7.65. The first kappa shape index (κ1) is 21.8. The normalized spacial score (nSPS) is 43.9. The molecule has 4 heteroatoms. The zero-order chi connectivity index (χ0) is 23.0. The van der Waals surface area contributed by atoms with E-state index in [9.17, 15) is 9.18 Å². The SMILES string of the molecule is CCC(=O)N1N=C2[C@H](C[C@H]3[C@@H]4CC[C@H]5CCCC[C@]5(C)[C@H]4CC[C@]23C)[C@@H]1c1cccc(F)c1. The van der Waals surface area contributed by atoms with Crippen LogP contribution in [0.3, 0.4) is 0 Å². The van der Waals surface area contributed by atoms with E-state index in [1.54, 1.807) is 17.1 Å². The maximum atomic E-state index is 14.2. The van der Waals surface area contributed by atoms with Crippen LogP contribution in [0.15, 0.2) is 29.4 Å². The molecule has 3 nitrogen and oxygen atoms in total. The molecule has 33 heavy (non-hydrogen) atoms. The predicted octanol–water partition coefficient (Wildman–Crippen LogP) is 7.13. The minimum atomic E-state index is -0.227. The first-order valence-electron chi connectivity index (χ1n) is 13.5. The average molecular weight is 451 g/mol. The van der Waals surface area contributed by atoms with Crippen molar-refractivity contribution in [3.8, 4) is 0 Å². The molecule has 4 saturated carbocycles. The van der Waals surface area contributed by atoms with E-state index in [1.165, 1.54) is 63.1 Å². The van der Waals surface area contributed by atoms with Gasteiger partial charge in [0.25, 0.3) is 0 Å². The van der Waals surface area contributed by atoms with Crippen LogP contribution in [-0.2, 0) is 4.79 Å². The van der Waals surface area contributed by atoms with Crippen LogP contribution in [0, 0.1) is 46.2 Å². The third-order valence-corrected chi connectivity index (χ3v) is 11.0. The lowest BCUT2D eigenvalue weighted by molar-refractivity contribution is -0.133. The van der Waals surface area contributed by atoms with Crippen molar-refractivity contribution in [1.29, 1.82) is 0 Å². The van der Waals surface area contributed by atoms with Gasteiger partial charge >= 0.3 is 0 Å². The highest BCUT2D eigenvalue weighted by atomic mass is 19.1. The highest BCUT2D eigenvalue weighted by molar-refractivity contribution is 5.98. The monoisotopic (exact) mass is 450 g/mol. The molecule has 1 amide bonds. The summed E-state index contributed by atoms with van der Waals surface area (Å²) in [4.78, 5) is 12.9. The maximum Gasteiger partial charge on any atom is 0.242 e. The number of rotatable bonds is 2. The quantitative estimate of drug-likeness (QED) is 0.471. The molecule has 1 aromatic carbocycles. The summed E-state index contributed by atoms with van der Waals surface area (Å²) in [5.74, 6) is 3.25. The Morgan fingerprint density at radius 3 is 2.76 bits per heavy atom. The van der Waals surface area contributed by atoms with E-state index in [2.05, 4.69) is 13.8 Å². The molecule has 0 bridgehead atoms. The number of hydrogen-bond acceptors (Lipinski definition) is 2. The Morgan fingerprint density at radius 1 is 1.12 bits per heavy atom. The van der Waals surface area contributed by atoms with Gasteiger partial charge in [-0.25, -0.2) is 9.40 Å². The zero-order valence-corrected chi connectivity index (χ0v) is 20.5. The molecule has 0 unspecified atom stereocenters. The summed E-state index contributed by atoms with van der Waals surface area (Å²) >= 11 is 0. The Kier molecular flexibility index (Phi) is 5.05. The smallest absolute Gasteiger partial charge is 0.242 e. The van der Waals surface area contributed by atoms with Crippen LogP contribution in [-0.4, -0.2) is 16.6 Å². The first-order valence-corrected chi connectivity index (χ1v) is 13.5. The van der Waals surface area contributed by atoms with Gasteiger partial charge in [0.1, 0.15) is 5.82 Å². The number of fused-ring (bicyclic) bond motifs is 7. The molecule has 5 aliphatic rings. The third kappa shape index (κ3) is 3.04. The molecule has 0 N–H and O–H groups in total. The van der Waals surface area contributed by atoms with Gasteiger partial charge < -0.3 is 0 Å². The van der Waals surface area contributed by atoms with E-state index in [0.717, 1.165) is 29.7 Å². The number of halogens is 1. The van der Waals surface area contributed by atoms with Crippen molar-refractivity contribution in [1.82, 2.24) is 5.01 Å². The molecule has 8 atom stereocenters. The molecular formula is C29H39FN2O. The molecule has 0 radical (unpaired) electrons. The second-order valence-corrected chi connectivity index (χ2v) is 12.3. The van der Waals surface area contributed by atoms with Crippen molar-refractivity contribution in [3.05, 3.63) is 35.6 Å². The second-order valence-electron chi connectivity index (χ2n) is 12.3. The van der Waals surface area contributed by atoms with E-state index in [4.69, 9.17) is 5.10 Å². The Bertz CT molecular complexity index is 990. The van der Waals surface area contributed by atoms with Crippen LogP contribution in [0.5, 0.6) is 0 Å². The van der Waals surface area contributed by atoms with Crippen molar-refractivity contribution in [2.45, 2.75) is 91.0 Å². The molecule has 1 aliphatic heterocycles. The fraction of sp³-hybridized carbons (Fsp3) is 0.724. The standard InChI is InChI=1S/C29H39FN2O/c1-4-25(33)32-26(18-8-7-10-20(30)16-18)22-17-24-21-12-11-19-9-5-6-14-28(19,2)23(21)13-15-29(24,3)27(22)31-32/h7-8,10,16,19,21-24,26H,4-6,9,11-15,17H2,1-3H3/t19-,21-,22-,23+,24+,26+,28+,29+/m1/s1. The highest BCUT2D eigenvalue weighted by Gasteiger charge is 2.64. The van der Waals surface area contributed by atoms with Crippen LogP contribution in [0.2, 0.25) is 0 Å². The van der Waals surface area contributed by atoms with Gasteiger partial charge in [-0.05, 0) is 91.7 Å². The number of nitrogens with zero attached hydrogens (tertiary/aromatic N) is 2. The molecule has 4 fully saturated rings. The van der Waals surface area contributed by atoms with E-state index >= 15 is 0 Å². The molecular weight excluding hydrogens is 411 g/mol. The molecule has 4 aliphatic carbocycles. The summed E-state index contributed by atoms with van der Waals surface area (Å²) in [7, 11) is 0. The molecule has 0 spiro atoms. The van der Waals surface area contributed by atoms with Gasteiger partial charge in [-0.3, -0.25) is 4.79 Å². The highest BCUT2D eigenvalue weighted by Crippen LogP contribution is 2.68. The van der Waals surface area contributed by atoms with Crippen LogP contribution in [0.1, 0.15) is 96.6 Å². The molecule has 178 valence electrons. The number of hydrogen-bond donors (Lipinski definition) is 0. The largest absolute Gasteiger partial charge is 0.273 e. The number of benzene rings is 1. The van der Waals surface area contributed by atoms with E-state index in [1.807, 2.05) is 13.0 Å². The van der Waals surface area contributed by atoms with Crippen molar-refractivity contribution in [3.63, 3.8) is 0 Å². The average Bonchev–Trinajstić information content (AvgIpc) is 3.32. The zero-order valence-electron chi connectivity index (χ0n) is 20.5. The van der Waals surface area contributed by atoms with Gasteiger partial charge in [-0.2, -0.15) is 5.10 Å². The van der Waals surface area contributed by atoms with Crippen molar-refractivity contribution in [2.75, 3.05) is 0 Å². The number of hydrazone groups is 1. The third-order valence-electron chi connectivity index (χ3n) is 11.0. The summed E-state index contributed by atoms with van der Waals surface area (Å²) in [6.45, 7) is 6.98. The lowest BCUT2D eigenvalue weighted by atomic mass is 9.45. The van der Waals surface area contributed by atoms with Gasteiger partial charge in [0, 0.05) is 17.8 Å². The van der Waals surface area contributed by atoms with Gasteiger partial charge in [-0.1, -0.05) is 45.7 Å². The predicted molar refractivity (Wildman–Crippen MR) is 129 cm³/mol. The maximum absolute atomic E-state index is 14.2. The van der Waals surface area contributed by atoms with Gasteiger partial charge in [0.15, 0.2) is 0 Å². The van der Waals surface area contributed by atoms with Crippen molar-refractivity contribution >= 4 is 11.6 Å².